The lowest BCUT2D eigenvalue weighted by Crippen LogP contribution is -2.45. The van der Waals surface area contributed by atoms with Crippen molar-refractivity contribution in [1.82, 2.24) is 9.88 Å². The molecule has 0 spiro atoms. The minimum atomic E-state index is 0.142. The van der Waals surface area contributed by atoms with Gasteiger partial charge in [0, 0.05) is 29.4 Å². The van der Waals surface area contributed by atoms with Crippen LogP contribution in [0, 0.1) is 6.92 Å². The van der Waals surface area contributed by atoms with Crippen molar-refractivity contribution in [2.75, 3.05) is 18.4 Å². The predicted molar refractivity (Wildman–Crippen MR) is 120 cm³/mol. The molecule has 1 aromatic heterocycles. The van der Waals surface area contributed by atoms with Gasteiger partial charge in [-0.2, -0.15) is 0 Å². The molecule has 29 heavy (non-hydrogen) atoms. The fraction of sp³-hybridized carbons (Fsp3) is 0.320. The number of fused-ring (bicyclic) bond motifs is 1. The fourth-order valence-electron chi connectivity index (χ4n) is 4.50. The molecule has 2 N–H and O–H groups in total. The molecule has 0 amide bonds. The third-order valence-corrected chi connectivity index (χ3v) is 5.83. The van der Waals surface area contributed by atoms with Crippen LogP contribution in [-0.2, 0) is 0 Å². The van der Waals surface area contributed by atoms with Crippen LogP contribution in [0.5, 0.6) is 5.75 Å². The van der Waals surface area contributed by atoms with Crippen molar-refractivity contribution in [3.8, 4) is 5.75 Å². The Hall–Kier alpha value is -2.85. The summed E-state index contributed by atoms with van der Waals surface area (Å²) < 4.78 is 0. The highest BCUT2D eigenvalue weighted by Gasteiger charge is 2.30. The van der Waals surface area contributed by atoms with Gasteiger partial charge in [0.1, 0.15) is 11.3 Å². The first kappa shape index (κ1) is 19.5. The molecule has 4 heteroatoms. The minimum Gasteiger partial charge on any atom is -0.506 e. The van der Waals surface area contributed by atoms with Gasteiger partial charge in [-0.3, -0.25) is 4.90 Å². The molecular formula is C25H29N3O. The molecule has 1 fully saturated rings. The van der Waals surface area contributed by atoms with Crippen LogP contribution >= 0.6 is 0 Å². The number of phenolic OH excluding ortho intramolecular Hbond substituents is 1. The van der Waals surface area contributed by atoms with Crippen LogP contribution in [0.25, 0.3) is 10.9 Å². The highest BCUT2D eigenvalue weighted by atomic mass is 16.3. The number of rotatable bonds is 6. The van der Waals surface area contributed by atoms with Gasteiger partial charge in [-0.1, -0.05) is 55.0 Å². The molecule has 150 valence electrons. The monoisotopic (exact) mass is 387 g/mol. The number of piperidine rings is 1. The number of likely N-dealkylation sites (tertiary alicyclic amines) is 1. The van der Waals surface area contributed by atoms with Crippen LogP contribution in [0.15, 0.2) is 67.3 Å². The topological polar surface area (TPSA) is 48.4 Å². The Bertz CT molecular complexity index is 986. The molecular weight excluding hydrogens is 358 g/mol. The highest BCUT2D eigenvalue weighted by molar-refractivity contribution is 5.95. The molecule has 0 unspecified atom stereocenters. The van der Waals surface area contributed by atoms with E-state index in [1.807, 2.05) is 25.1 Å². The number of phenols is 1. The molecule has 0 saturated carbocycles. The summed E-state index contributed by atoms with van der Waals surface area (Å²) in [4.78, 5) is 7.10. The number of aromatic nitrogens is 1. The van der Waals surface area contributed by atoms with Gasteiger partial charge in [0.05, 0.1) is 6.04 Å². The second-order valence-corrected chi connectivity index (χ2v) is 7.86. The van der Waals surface area contributed by atoms with Gasteiger partial charge < -0.3 is 10.4 Å². The first-order chi connectivity index (χ1) is 14.2. The third kappa shape index (κ3) is 4.13. The molecule has 2 atom stereocenters. The number of aryl methyl sites for hydroxylation is 1. The number of anilines is 1. The molecule has 3 aromatic rings. The molecule has 1 saturated heterocycles. The summed E-state index contributed by atoms with van der Waals surface area (Å²) in [7, 11) is 0. The first-order valence-corrected chi connectivity index (χ1v) is 10.4. The summed E-state index contributed by atoms with van der Waals surface area (Å²) in [6.45, 7) is 7.93. The summed E-state index contributed by atoms with van der Waals surface area (Å²) in [5.41, 5.74) is 3.82. The van der Waals surface area contributed by atoms with E-state index >= 15 is 0 Å². The van der Waals surface area contributed by atoms with Gasteiger partial charge in [0.2, 0.25) is 0 Å². The standard InChI is InChI=1S/C25H29N3O/c1-3-15-28-16-8-7-13-22(28)24(19-10-5-4-6-11-19)27-21-17-18(2)26-25-20(21)12-9-14-23(25)29/h3-6,9-12,14,17,22,24,29H,1,7-8,13,15-16H2,2H3,(H,26,27)/t22-,24-/m0/s1. The molecule has 0 radical (unpaired) electrons. The number of nitrogens with one attached hydrogen (secondary N) is 1. The highest BCUT2D eigenvalue weighted by Crippen LogP contribution is 2.35. The lowest BCUT2D eigenvalue weighted by atomic mass is 9.90. The van der Waals surface area contributed by atoms with E-state index < -0.39 is 0 Å². The second-order valence-electron chi connectivity index (χ2n) is 7.86. The number of nitrogens with zero attached hydrogens (tertiary/aromatic N) is 2. The van der Waals surface area contributed by atoms with Crippen molar-refractivity contribution in [1.29, 1.82) is 0 Å². The van der Waals surface area contributed by atoms with Gasteiger partial charge >= 0.3 is 0 Å². The largest absolute Gasteiger partial charge is 0.506 e. The SMILES string of the molecule is C=CCN1CCCC[C@H]1[C@@H](Nc1cc(C)nc2c(O)cccc12)c1ccccc1. The van der Waals surface area contributed by atoms with E-state index in [0.717, 1.165) is 36.3 Å². The van der Waals surface area contributed by atoms with E-state index in [9.17, 15) is 5.11 Å². The number of aromatic hydroxyl groups is 1. The Morgan fingerprint density at radius 2 is 2.03 bits per heavy atom. The van der Waals surface area contributed by atoms with E-state index in [0.29, 0.717) is 11.6 Å². The molecule has 2 heterocycles. The van der Waals surface area contributed by atoms with Crippen LogP contribution in [0.1, 0.15) is 36.6 Å². The smallest absolute Gasteiger partial charge is 0.141 e. The van der Waals surface area contributed by atoms with E-state index in [4.69, 9.17) is 0 Å². The van der Waals surface area contributed by atoms with Gasteiger partial charge in [-0.25, -0.2) is 4.98 Å². The average molecular weight is 388 g/mol. The van der Waals surface area contributed by atoms with Crippen molar-refractivity contribution in [3.63, 3.8) is 0 Å². The van der Waals surface area contributed by atoms with E-state index in [2.05, 4.69) is 58.2 Å². The van der Waals surface area contributed by atoms with Crippen molar-refractivity contribution in [3.05, 3.63) is 78.5 Å². The Morgan fingerprint density at radius 3 is 2.83 bits per heavy atom. The Morgan fingerprint density at radius 1 is 1.21 bits per heavy atom. The molecule has 4 rings (SSSR count). The van der Waals surface area contributed by atoms with Gasteiger partial charge in [0.25, 0.3) is 0 Å². The van der Waals surface area contributed by atoms with E-state index in [1.54, 1.807) is 6.07 Å². The van der Waals surface area contributed by atoms with Crippen molar-refractivity contribution in [2.24, 2.45) is 0 Å². The summed E-state index contributed by atoms with van der Waals surface area (Å²) >= 11 is 0. The summed E-state index contributed by atoms with van der Waals surface area (Å²) in [6, 6.07) is 18.9. The number of hydrogen-bond acceptors (Lipinski definition) is 4. The van der Waals surface area contributed by atoms with Crippen LogP contribution in [0.4, 0.5) is 5.69 Å². The molecule has 1 aliphatic rings. The molecule has 2 aromatic carbocycles. The van der Waals surface area contributed by atoms with Crippen LogP contribution in [-0.4, -0.2) is 34.1 Å². The quantitative estimate of drug-likeness (QED) is 0.553. The Kier molecular flexibility index (Phi) is 5.81. The van der Waals surface area contributed by atoms with Crippen molar-refractivity contribution in [2.45, 2.75) is 38.3 Å². The zero-order valence-corrected chi connectivity index (χ0v) is 17.0. The normalized spacial score (nSPS) is 18.4. The number of para-hydroxylation sites is 1. The molecule has 1 aliphatic heterocycles. The van der Waals surface area contributed by atoms with Crippen molar-refractivity contribution >= 4 is 16.6 Å². The summed E-state index contributed by atoms with van der Waals surface area (Å²) in [6.07, 6.45) is 5.62. The van der Waals surface area contributed by atoms with Gasteiger partial charge in [0.15, 0.2) is 0 Å². The zero-order chi connectivity index (χ0) is 20.2. The maximum atomic E-state index is 10.3. The lowest BCUT2D eigenvalue weighted by molar-refractivity contribution is 0.147. The minimum absolute atomic E-state index is 0.142. The number of hydrogen-bond donors (Lipinski definition) is 2. The van der Waals surface area contributed by atoms with Crippen molar-refractivity contribution < 1.29 is 5.11 Å². The summed E-state index contributed by atoms with van der Waals surface area (Å²) in [5.74, 6) is 0.219. The number of benzene rings is 2. The Balaban J connectivity index is 1.78. The molecule has 0 bridgehead atoms. The average Bonchev–Trinajstić information content (AvgIpc) is 2.74. The van der Waals surface area contributed by atoms with Gasteiger partial charge in [-0.05, 0) is 44.0 Å². The Labute approximate surface area is 172 Å². The van der Waals surface area contributed by atoms with E-state index in [1.165, 1.54) is 18.4 Å². The molecule has 0 aliphatic carbocycles. The zero-order valence-electron chi connectivity index (χ0n) is 17.0. The van der Waals surface area contributed by atoms with Crippen LogP contribution in [0.2, 0.25) is 0 Å². The summed E-state index contributed by atoms with van der Waals surface area (Å²) in [5, 5.41) is 15.1. The third-order valence-electron chi connectivity index (χ3n) is 5.83. The first-order valence-electron chi connectivity index (χ1n) is 10.4. The van der Waals surface area contributed by atoms with Crippen LogP contribution < -0.4 is 5.32 Å². The lowest BCUT2D eigenvalue weighted by Gasteiger charge is -2.41. The van der Waals surface area contributed by atoms with Gasteiger partial charge in [-0.15, -0.1) is 6.58 Å². The second kappa shape index (κ2) is 8.66. The molecule has 4 nitrogen and oxygen atoms in total. The fourth-order valence-corrected chi connectivity index (χ4v) is 4.50. The maximum Gasteiger partial charge on any atom is 0.141 e. The maximum absolute atomic E-state index is 10.3. The predicted octanol–water partition coefficient (Wildman–Crippen LogP) is 5.44. The number of pyridine rings is 1. The van der Waals surface area contributed by atoms with E-state index in [-0.39, 0.29) is 11.8 Å². The van der Waals surface area contributed by atoms with Crippen LogP contribution in [0.3, 0.4) is 0 Å².